The minimum atomic E-state index is -0.648. The Labute approximate surface area is 227 Å². The number of furan rings is 1. The quantitative estimate of drug-likeness (QED) is 0.109. The number of amides is 1. The summed E-state index contributed by atoms with van der Waals surface area (Å²) in [5.74, 6) is -0.371. The van der Waals surface area contributed by atoms with Crippen molar-refractivity contribution < 1.29 is 23.7 Å². The molecule has 0 spiro atoms. The molecule has 39 heavy (non-hydrogen) atoms. The Morgan fingerprint density at radius 2 is 1.77 bits per heavy atom. The molecule has 4 aromatic rings. The van der Waals surface area contributed by atoms with E-state index in [0.29, 0.717) is 27.2 Å². The van der Waals surface area contributed by atoms with Crippen molar-refractivity contribution in [1.82, 2.24) is 0 Å². The molecule has 0 radical (unpaired) electrons. The molecule has 0 unspecified atom stereocenters. The predicted octanol–water partition coefficient (Wildman–Crippen LogP) is 6.84. The van der Waals surface area contributed by atoms with Gasteiger partial charge in [-0.05, 0) is 67.2 Å². The van der Waals surface area contributed by atoms with E-state index in [2.05, 4.69) is 4.99 Å². The molecule has 1 aliphatic heterocycles. The lowest BCUT2D eigenvalue weighted by Gasteiger charge is -2.15. The normalized spacial score (nSPS) is 15.2. The Morgan fingerprint density at radius 3 is 2.46 bits per heavy atom. The van der Waals surface area contributed by atoms with Gasteiger partial charge in [0.1, 0.15) is 11.5 Å². The van der Waals surface area contributed by atoms with Crippen LogP contribution in [0.4, 0.5) is 17.1 Å². The van der Waals surface area contributed by atoms with E-state index in [1.54, 1.807) is 25.1 Å². The molecule has 1 fully saturated rings. The van der Waals surface area contributed by atoms with Gasteiger partial charge in [-0.25, -0.2) is 9.79 Å². The molecule has 1 aromatic heterocycles. The highest BCUT2D eigenvalue weighted by Crippen LogP contribution is 2.38. The number of amidine groups is 1. The van der Waals surface area contributed by atoms with E-state index in [1.165, 1.54) is 28.8 Å². The van der Waals surface area contributed by atoms with Crippen molar-refractivity contribution in [3.05, 3.63) is 117 Å². The van der Waals surface area contributed by atoms with Crippen LogP contribution in [0.2, 0.25) is 0 Å². The standard InChI is InChI=1S/C29H21N3O6S/c1-2-37-28(34)19-13-15-23(24(17-19)32(35)36)25-16-14-22(38-25)18-26-27(33)31(21-11-7-4-8-12-21)29(39-26)30-20-9-5-3-6-10-20/h3-18H,2H2,1H3/b26-18-,30-29?. The number of hydrogen-bond acceptors (Lipinski definition) is 8. The molecular weight excluding hydrogens is 518 g/mol. The smallest absolute Gasteiger partial charge is 0.338 e. The summed E-state index contributed by atoms with van der Waals surface area (Å²) in [7, 11) is 0. The predicted molar refractivity (Wildman–Crippen MR) is 150 cm³/mol. The minimum absolute atomic E-state index is 0.0698. The third kappa shape index (κ3) is 5.51. The maximum atomic E-state index is 13.5. The fourth-order valence-electron chi connectivity index (χ4n) is 3.90. The Hall–Kier alpha value is -4.96. The van der Waals surface area contributed by atoms with Crippen molar-refractivity contribution in [2.24, 2.45) is 4.99 Å². The molecule has 9 nitrogen and oxygen atoms in total. The van der Waals surface area contributed by atoms with Gasteiger partial charge in [0.2, 0.25) is 0 Å². The summed E-state index contributed by atoms with van der Waals surface area (Å²) < 4.78 is 10.8. The molecule has 0 saturated carbocycles. The molecule has 3 aromatic carbocycles. The highest BCUT2D eigenvalue weighted by atomic mass is 32.2. The van der Waals surface area contributed by atoms with Gasteiger partial charge in [-0.1, -0.05) is 36.4 Å². The Balaban J connectivity index is 1.48. The monoisotopic (exact) mass is 539 g/mol. The van der Waals surface area contributed by atoms with Crippen molar-refractivity contribution in [2.75, 3.05) is 11.5 Å². The van der Waals surface area contributed by atoms with E-state index in [0.717, 1.165) is 6.07 Å². The van der Waals surface area contributed by atoms with Crippen molar-refractivity contribution >= 4 is 51.9 Å². The lowest BCUT2D eigenvalue weighted by atomic mass is 10.1. The van der Waals surface area contributed by atoms with Gasteiger partial charge in [0.25, 0.3) is 11.6 Å². The largest absolute Gasteiger partial charge is 0.462 e. The number of hydrogen-bond donors (Lipinski definition) is 0. The van der Waals surface area contributed by atoms with Gasteiger partial charge in [0.15, 0.2) is 5.17 Å². The third-order valence-electron chi connectivity index (χ3n) is 5.67. The lowest BCUT2D eigenvalue weighted by Crippen LogP contribution is -2.28. The number of thioether (sulfide) groups is 1. The van der Waals surface area contributed by atoms with E-state index < -0.39 is 10.9 Å². The Bertz CT molecular complexity index is 1610. The zero-order valence-electron chi connectivity index (χ0n) is 20.6. The van der Waals surface area contributed by atoms with Crippen LogP contribution in [0.25, 0.3) is 17.4 Å². The van der Waals surface area contributed by atoms with Crippen LogP contribution in [-0.2, 0) is 9.53 Å². The number of benzene rings is 3. The Kier molecular flexibility index (Phi) is 7.37. The maximum absolute atomic E-state index is 13.5. The van der Waals surface area contributed by atoms with Crippen LogP contribution in [0, 0.1) is 10.1 Å². The number of nitrogens with zero attached hydrogens (tertiary/aromatic N) is 3. The molecular formula is C29H21N3O6S. The molecule has 1 saturated heterocycles. The number of carbonyl (C=O) groups excluding carboxylic acids is 2. The van der Waals surface area contributed by atoms with Crippen LogP contribution in [0.5, 0.6) is 0 Å². The molecule has 194 valence electrons. The molecule has 0 bridgehead atoms. The van der Waals surface area contributed by atoms with Crippen LogP contribution in [0.3, 0.4) is 0 Å². The van der Waals surface area contributed by atoms with Crippen molar-refractivity contribution in [1.29, 1.82) is 0 Å². The molecule has 0 atom stereocenters. The average Bonchev–Trinajstić information content (AvgIpc) is 3.53. The molecule has 10 heteroatoms. The van der Waals surface area contributed by atoms with E-state index >= 15 is 0 Å². The fourth-order valence-corrected chi connectivity index (χ4v) is 4.88. The number of nitro benzene ring substituents is 1. The molecule has 5 rings (SSSR count). The summed E-state index contributed by atoms with van der Waals surface area (Å²) in [6.45, 7) is 1.81. The van der Waals surface area contributed by atoms with Crippen molar-refractivity contribution in [3.8, 4) is 11.3 Å². The second-order valence-corrected chi connectivity index (χ2v) is 9.24. The SMILES string of the molecule is CCOC(=O)c1ccc(-c2ccc(/C=C3\SC(=Nc4ccccc4)N(c4ccccc4)C3=O)o2)c([N+](=O)[O-])c1. The van der Waals surface area contributed by atoms with Crippen molar-refractivity contribution in [3.63, 3.8) is 0 Å². The molecule has 1 aliphatic rings. The highest BCUT2D eigenvalue weighted by molar-refractivity contribution is 8.19. The molecule has 0 aliphatic carbocycles. The summed E-state index contributed by atoms with van der Waals surface area (Å²) in [5.41, 5.74) is 1.34. The van der Waals surface area contributed by atoms with Crippen LogP contribution < -0.4 is 4.90 Å². The van der Waals surface area contributed by atoms with Crippen LogP contribution in [0.15, 0.2) is 105 Å². The van der Waals surface area contributed by atoms with Crippen molar-refractivity contribution in [2.45, 2.75) is 6.92 Å². The number of para-hydroxylation sites is 2. The van der Waals surface area contributed by atoms with E-state index in [-0.39, 0.29) is 35.1 Å². The van der Waals surface area contributed by atoms with Gasteiger partial charge in [0, 0.05) is 12.1 Å². The van der Waals surface area contributed by atoms with Gasteiger partial charge < -0.3 is 9.15 Å². The molecule has 1 amide bonds. The van der Waals surface area contributed by atoms with E-state index in [9.17, 15) is 19.7 Å². The summed E-state index contributed by atoms with van der Waals surface area (Å²) in [6, 6.07) is 25.8. The number of aliphatic imine (C=N–C) groups is 1. The summed E-state index contributed by atoms with van der Waals surface area (Å²) in [5, 5.41) is 12.2. The zero-order valence-corrected chi connectivity index (χ0v) is 21.5. The summed E-state index contributed by atoms with van der Waals surface area (Å²) >= 11 is 1.20. The number of carbonyl (C=O) groups is 2. The minimum Gasteiger partial charge on any atom is -0.462 e. The molecule has 2 heterocycles. The second kappa shape index (κ2) is 11.2. The van der Waals surface area contributed by atoms with E-state index in [4.69, 9.17) is 9.15 Å². The topological polar surface area (TPSA) is 115 Å². The fraction of sp³-hybridized carbons (Fsp3) is 0.0690. The number of nitro groups is 1. The van der Waals surface area contributed by atoms with Gasteiger partial charge in [-0.15, -0.1) is 0 Å². The van der Waals surface area contributed by atoms with Gasteiger partial charge >= 0.3 is 5.97 Å². The summed E-state index contributed by atoms with van der Waals surface area (Å²) in [6.07, 6.45) is 1.58. The Morgan fingerprint density at radius 1 is 1.05 bits per heavy atom. The first-order valence-corrected chi connectivity index (χ1v) is 12.7. The third-order valence-corrected chi connectivity index (χ3v) is 6.64. The first-order chi connectivity index (χ1) is 18.9. The van der Waals surface area contributed by atoms with E-state index in [1.807, 2.05) is 60.7 Å². The summed E-state index contributed by atoms with van der Waals surface area (Å²) in [4.78, 5) is 43.3. The maximum Gasteiger partial charge on any atom is 0.338 e. The number of anilines is 1. The average molecular weight is 540 g/mol. The van der Waals surface area contributed by atoms with Gasteiger partial charge in [-0.3, -0.25) is 19.8 Å². The van der Waals surface area contributed by atoms with Gasteiger partial charge in [-0.2, -0.15) is 0 Å². The second-order valence-electron chi connectivity index (χ2n) is 8.23. The van der Waals surface area contributed by atoms with Gasteiger partial charge in [0.05, 0.1) is 38.9 Å². The van der Waals surface area contributed by atoms with Crippen LogP contribution >= 0.6 is 11.8 Å². The number of rotatable bonds is 7. The number of esters is 1. The zero-order chi connectivity index (χ0) is 27.4. The van der Waals surface area contributed by atoms with Crippen LogP contribution in [0.1, 0.15) is 23.0 Å². The number of ether oxygens (including phenoxy) is 1. The van der Waals surface area contributed by atoms with Crippen LogP contribution in [-0.4, -0.2) is 28.6 Å². The lowest BCUT2D eigenvalue weighted by molar-refractivity contribution is -0.384. The first-order valence-electron chi connectivity index (χ1n) is 11.9. The highest BCUT2D eigenvalue weighted by Gasteiger charge is 2.35. The first kappa shape index (κ1) is 25.7. The molecule has 0 N–H and O–H groups in total.